The number of pyridine rings is 1. The maximum Gasteiger partial charge on any atom is 0.128 e. The molecule has 4 nitrogen and oxygen atoms in total. The van der Waals surface area contributed by atoms with Crippen molar-refractivity contribution in [2.24, 2.45) is 0 Å². The fraction of sp³-hybridized carbons (Fsp3) is 0.111. The molecule has 5 heteroatoms. The number of hydrogen-bond acceptors (Lipinski definition) is 3. The fourth-order valence-corrected chi connectivity index (χ4v) is 5.24. The number of aromatic hydroxyl groups is 1. The van der Waals surface area contributed by atoms with Crippen LogP contribution in [0.25, 0.3) is 39.1 Å². The standard InChI is InChI=1S/C36H30N3O.Pt/c1-25-19-26(2)21-31(20-25)39-24-34(38-36(39)28-12-4-3-5-13-28)33-18-10-16-27(35(33)40)11-6-7-14-29-22-37-23-30-15-8-9-17-32(29)30;/h3-10,12,15-24,40H,11,14H2,1-2H3;/q-1;/b7-6-;. The maximum absolute atomic E-state index is 11.3. The van der Waals surface area contributed by atoms with Gasteiger partial charge in [0.05, 0.1) is 11.5 Å². The third kappa shape index (κ3) is 6.08. The summed E-state index contributed by atoms with van der Waals surface area (Å²) in [5, 5.41) is 13.7. The van der Waals surface area contributed by atoms with E-state index in [1.165, 1.54) is 22.1 Å². The number of benzene rings is 4. The number of aromatic nitrogens is 3. The number of allylic oxidation sites excluding steroid dienone is 2. The van der Waals surface area contributed by atoms with E-state index in [1.807, 2.05) is 67.1 Å². The summed E-state index contributed by atoms with van der Waals surface area (Å²) in [4.78, 5) is 9.39. The second kappa shape index (κ2) is 12.5. The maximum atomic E-state index is 11.3. The summed E-state index contributed by atoms with van der Waals surface area (Å²) in [6.45, 7) is 4.20. The Balaban J connectivity index is 0.00000337. The van der Waals surface area contributed by atoms with Gasteiger partial charge in [0, 0.05) is 56.3 Å². The molecular weight excluding hydrogens is 685 g/mol. The number of imidazole rings is 1. The van der Waals surface area contributed by atoms with E-state index in [-0.39, 0.29) is 26.8 Å². The molecule has 0 amide bonds. The van der Waals surface area contributed by atoms with Gasteiger partial charge in [0.25, 0.3) is 0 Å². The van der Waals surface area contributed by atoms with E-state index in [0.717, 1.165) is 40.1 Å². The van der Waals surface area contributed by atoms with E-state index < -0.39 is 0 Å². The first-order valence-electron chi connectivity index (χ1n) is 13.5. The van der Waals surface area contributed by atoms with Gasteiger partial charge in [-0.05, 0) is 72.5 Å². The Morgan fingerprint density at radius 2 is 1.59 bits per heavy atom. The van der Waals surface area contributed by atoms with E-state index in [1.54, 1.807) is 0 Å². The van der Waals surface area contributed by atoms with Crippen molar-refractivity contribution in [3.05, 3.63) is 144 Å². The molecule has 0 saturated carbocycles. The Hall–Kier alpha value is -4.27. The van der Waals surface area contributed by atoms with Gasteiger partial charge in [-0.3, -0.25) is 9.97 Å². The van der Waals surface area contributed by atoms with E-state index in [2.05, 4.69) is 78.0 Å². The van der Waals surface area contributed by atoms with Crippen molar-refractivity contribution >= 4 is 10.8 Å². The number of nitrogens with zero attached hydrogens (tertiary/aromatic N) is 3. The first kappa shape index (κ1) is 28.3. The summed E-state index contributed by atoms with van der Waals surface area (Å²) in [5.74, 6) is 1.04. The number of fused-ring (bicyclic) bond motifs is 1. The van der Waals surface area contributed by atoms with Crippen LogP contribution in [0, 0.1) is 19.9 Å². The van der Waals surface area contributed by atoms with Crippen LogP contribution in [0.1, 0.15) is 22.3 Å². The molecule has 0 saturated heterocycles. The number of hydrogen-bond donors (Lipinski definition) is 1. The van der Waals surface area contributed by atoms with E-state index >= 15 is 0 Å². The summed E-state index contributed by atoms with van der Waals surface area (Å²) in [5.41, 5.74) is 7.78. The summed E-state index contributed by atoms with van der Waals surface area (Å²) in [6.07, 6.45) is 11.5. The van der Waals surface area contributed by atoms with Crippen molar-refractivity contribution in [1.82, 2.24) is 14.5 Å². The molecule has 41 heavy (non-hydrogen) atoms. The van der Waals surface area contributed by atoms with Crippen molar-refractivity contribution in [3.63, 3.8) is 0 Å². The number of rotatable bonds is 7. The molecule has 6 rings (SSSR count). The summed E-state index contributed by atoms with van der Waals surface area (Å²) >= 11 is 0. The van der Waals surface area contributed by atoms with Gasteiger partial charge in [-0.15, -0.1) is 35.9 Å². The Labute approximate surface area is 255 Å². The van der Waals surface area contributed by atoms with Gasteiger partial charge in [-0.2, -0.15) is 0 Å². The van der Waals surface area contributed by atoms with Crippen LogP contribution < -0.4 is 0 Å². The smallest absolute Gasteiger partial charge is 0.128 e. The number of para-hydroxylation sites is 1. The van der Waals surface area contributed by atoms with E-state index in [0.29, 0.717) is 12.0 Å². The SMILES string of the molecule is Cc1cc(C)cc(-n2cc(-c3cccc(C/C=C\Cc4cncc5ccccc45)c3O)nc2-c2[c-]cccc2)c1.[Pt]. The zero-order valence-corrected chi connectivity index (χ0v) is 25.3. The first-order valence-corrected chi connectivity index (χ1v) is 13.5. The van der Waals surface area contributed by atoms with Crippen molar-refractivity contribution in [3.8, 4) is 34.1 Å². The van der Waals surface area contributed by atoms with Crippen molar-refractivity contribution in [2.45, 2.75) is 26.7 Å². The van der Waals surface area contributed by atoms with Crippen LogP contribution >= 0.6 is 0 Å². The molecule has 2 heterocycles. The topological polar surface area (TPSA) is 50.9 Å². The van der Waals surface area contributed by atoms with Crippen LogP contribution in [0.4, 0.5) is 0 Å². The van der Waals surface area contributed by atoms with Crippen molar-refractivity contribution in [1.29, 1.82) is 0 Å². The normalized spacial score (nSPS) is 11.2. The predicted molar refractivity (Wildman–Crippen MR) is 163 cm³/mol. The quantitative estimate of drug-likeness (QED) is 0.134. The molecule has 0 radical (unpaired) electrons. The van der Waals surface area contributed by atoms with Crippen LogP contribution in [-0.2, 0) is 33.9 Å². The van der Waals surface area contributed by atoms with Crippen LogP contribution in [0.5, 0.6) is 5.75 Å². The number of phenolic OH excluding ortho intramolecular Hbond substituents is 1. The largest absolute Gasteiger partial charge is 0.507 e. The molecule has 0 unspecified atom stereocenters. The molecule has 0 aliphatic heterocycles. The minimum atomic E-state index is 0. The van der Waals surface area contributed by atoms with Crippen LogP contribution in [0.2, 0.25) is 0 Å². The molecule has 206 valence electrons. The third-order valence-electron chi connectivity index (χ3n) is 7.13. The average Bonchev–Trinajstić information content (AvgIpc) is 3.42. The zero-order chi connectivity index (χ0) is 27.5. The predicted octanol–water partition coefficient (Wildman–Crippen LogP) is 8.22. The molecule has 2 aromatic heterocycles. The molecule has 0 spiro atoms. The van der Waals surface area contributed by atoms with Crippen LogP contribution in [-0.4, -0.2) is 19.6 Å². The van der Waals surface area contributed by atoms with Crippen molar-refractivity contribution in [2.75, 3.05) is 0 Å². The molecular formula is C36H30N3OPt-. The van der Waals surface area contributed by atoms with Crippen molar-refractivity contribution < 1.29 is 26.2 Å². The molecule has 0 bridgehead atoms. The Bertz CT molecular complexity index is 1810. The molecule has 0 aliphatic rings. The number of phenols is 1. The summed E-state index contributed by atoms with van der Waals surface area (Å²) in [6, 6.07) is 31.8. The molecule has 0 fully saturated rings. The van der Waals surface area contributed by atoms with Gasteiger partial charge in [0.1, 0.15) is 5.75 Å². The Morgan fingerprint density at radius 3 is 2.37 bits per heavy atom. The van der Waals surface area contributed by atoms with Gasteiger partial charge in [-0.1, -0.05) is 54.6 Å². The number of aryl methyl sites for hydroxylation is 2. The van der Waals surface area contributed by atoms with Gasteiger partial charge >= 0.3 is 0 Å². The first-order chi connectivity index (χ1) is 19.6. The zero-order valence-electron chi connectivity index (χ0n) is 23.0. The van der Waals surface area contributed by atoms with Gasteiger partial charge in [0.2, 0.25) is 0 Å². The third-order valence-corrected chi connectivity index (χ3v) is 7.13. The fourth-order valence-electron chi connectivity index (χ4n) is 5.24. The van der Waals surface area contributed by atoms with Crippen LogP contribution in [0.15, 0.2) is 116 Å². The molecule has 0 aliphatic carbocycles. The Kier molecular flexibility index (Phi) is 8.61. The van der Waals surface area contributed by atoms with Gasteiger partial charge in [0.15, 0.2) is 0 Å². The Morgan fingerprint density at radius 1 is 0.829 bits per heavy atom. The van der Waals surface area contributed by atoms with E-state index in [9.17, 15) is 5.11 Å². The minimum Gasteiger partial charge on any atom is -0.507 e. The van der Waals surface area contributed by atoms with E-state index in [4.69, 9.17) is 4.98 Å². The summed E-state index contributed by atoms with van der Waals surface area (Å²) < 4.78 is 2.09. The second-order valence-corrected chi connectivity index (χ2v) is 10.2. The molecule has 1 N–H and O–H groups in total. The molecule has 0 atom stereocenters. The second-order valence-electron chi connectivity index (χ2n) is 10.2. The van der Waals surface area contributed by atoms with Gasteiger partial charge < -0.3 is 9.67 Å². The van der Waals surface area contributed by atoms with Crippen LogP contribution in [0.3, 0.4) is 0 Å². The average molecular weight is 716 g/mol. The summed E-state index contributed by atoms with van der Waals surface area (Å²) in [7, 11) is 0. The monoisotopic (exact) mass is 715 g/mol. The minimum absolute atomic E-state index is 0. The van der Waals surface area contributed by atoms with Gasteiger partial charge in [-0.25, -0.2) is 0 Å². The molecule has 6 aromatic rings. The molecule has 4 aromatic carbocycles.